The maximum absolute atomic E-state index is 14.8. The second kappa shape index (κ2) is 57.3. The Kier molecular flexibility index (Phi) is 45.5. The fourth-order valence-electron chi connectivity index (χ4n) is 15.9. The molecule has 0 radical (unpaired) electrons. The zero-order chi connectivity index (χ0) is 105. The highest BCUT2D eigenvalue weighted by Gasteiger charge is 2.44. The fourth-order valence-corrected chi connectivity index (χ4v) is 16.4. The van der Waals surface area contributed by atoms with Crippen LogP contribution in [-0.4, -0.2) is 333 Å². The molecule has 778 valence electrons. The lowest BCUT2D eigenvalue weighted by atomic mass is 10.0. The highest BCUT2D eigenvalue weighted by molar-refractivity contribution is 7.80. The van der Waals surface area contributed by atoms with E-state index in [-0.39, 0.29) is 87.4 Å². The molecule has 1 aromatic heterocycles. The third kappa shape index (κ3) is 35.4. The lowest BCUT2D eigenvalue weighted by Gasteiger charge is -2.31. The van der Waals surface area contributed by atoms with E-state index < -0.39 is 292 Å². The van der Waals surface area contributed by atoms with Gasteiger partial charge in [0.2, 0.25) is 94.5 Å². The van der Waals surface area contributed by atoms with Gasteiger partial charge in [0.25, 0.3) is 0 Å². The van der Waals surface area contributed by atoms with E-state index in [1.807, 2.05) is 0 Å². The van der Waals surface area contributed by atoms with E-state index >= 15 is 0 Å². The SMILES string of the molecule is NCCCC[C@H](NC(=O)[C@H](Cc1ccc(O)cc1)NC(=O)[C@H](CS)NC(=O)[C@H](Cc1ccccc1)NC(=O)CNC(=O)[C@H](CCC(=O)O)NC(=O)[C@H](Cc1ccc(O)cc1)NC(=O)[C@H](CO)NC(=O)[C@H](CO)NC(=O)[C@H](Cc1c[nH]c2ccccc12)NC(=O)[C@H](CCC(=O)O)NC(=O)[C@H](CO)NC(=O)[C@@H]1CCCN1C(=O)[C@H](CS)NC(=O)[C@@H](N)CC(=O)O)C(=O)N1CCC[C@H]1C(=O)N[C@@H](Cc1ccccc1)C(=O)O. The predicted molar refractivity (Wildman–Crippen MR) is 517 cm³/mol. The molecule has 0 aliphatic carbocycles. The number of H-pyrrole nitrogens is 1. The number of carboxylic acids is 4. The van der Waals surface area contributed by atoms with Gasteiger partial charge in [0.05, 0.1) is 38.8 Å². The van der Waals surface area contributed by atoms with Gasteiger partial charge >= 0.3 is 23.9 Å². The first-order valence-corrected chi connectivity index (χ1v) is 47.4. The monoisotopic (exact) mass is 2040 g/mol. The van der Waals surface area contributed by atoms with Crippen molar-refractivity contribution in [2.24, 2.45) is 11.5 Å². The molecule has 2 fully saturated rings. The molecule has 2 aliphatic rings. The van der Waals surface area contributed by atoms with Crippen LogP contribution in [0.15, 0.2) is 140 Å². The second-order valence-corrected chi connectivity index (χ2v) is 35.0. The van der Waals surface area contributed by atoms with Gasteiger partial charge in [-0.25, -0.2) is 4.79 Å². The number of aromatic hydroxyl groups is 2. The third-order valence-corrected chi connectivity index (χ3v) is 24.3. The number of para-hydroxylation sites is 1. The van der Waals surface area contributed by atoms with Crippen LogP contribution in [0.3, 0.4) is 0 Å². The van der Waals surface area contributed by atoms with Crippen LogP contribution in [0, 0.1) is 0 Å². The molecular formula is C94H121N19O29S2. The number of fused-ring (bicyclic) bond motifs is 1. The number of nitrogens with one attached hydrogen (secondary N) is 15. The van der Waals surface area contributed by atoms with Crippen molar-refractivity contribution in [3.05, 3.63) is 167 Å². The number of phenols is 2. The fraction of sp³-hybridized carbons (Fsp3) is 0.447. The van der Waals surface area contributed by atoms with Crippen LogP contribution in [0.4, 0.5) is 0 Å². The van der Waals surface area contributed by atoms with Crippen LogP contribution in [0.2, 0.25) is 0 Å². The number of aliphatic hydroxyl groups is 3. The minimum Gasteiger partial charge on any atom is -0.508 e. The Bertz CT molecular complexity index is 5500. The molecule has 28 N–H and O–H groups in total. The summed E-state index contributed by atoms with van der Waals surface area (Å²) in [7, 11) is 0. The zero-order valence-electron chi connectivity index (χ0n) is 78.0. The van der Waals surface area contributed by atoms with E-state index in [1.165, 1.54) is 59.6 Å². The van der Waals surface area contributed by atoms with E-state index in [0.717, 1.165) is 4.90 Å². The number of nitrogens with two attached hydrogens (primary N) is 2. The summed E-state index contributed by atoms with van der Waals surface area (Å²) in [5.74, 6) is -24.4. The lowest BCUT2D eigenvalue weighted by Crippen LogP contribution is -2.62. The molecule has 2 aliphatic heterocycles. The quantitative estimate of drug-likeness (QED) is 0.0125. The zero-order valence-corrected chi connectivity index (χ0v) is 79.8. The Morgan fingerprint density at radius 1 is 0.375 bits per heavy atom. The molecule has 48 nitrogen and oxygen atoms in total. The number of carbonyl (C=O) groups excluding carboxylic acids is 16. The molecule has 144 heavy (non-hydrogen) atoms. The number of carboxylic acid groups (broad SMARTS) is 4. The first-order valence-electron chi connectivity index (χ1n) is 46.2. The standard InChI is InChI=1S/C94H121N19O29S2/c95-34-10-9-19-62(92(139)112-35-11-20-73(112)90(137)106-67(94(141)142)40-51-15-5-2-6-16-51)102-84(131)65(39-53-24-28-56(118)29-25-53)104-89(136)71(48-143)110-82(129)63(37-50-13-3-1-4-14-50)99-75(119)44-98-80(127)60(30-32-76(120)121)100-83(130)64(38-52-22-26-55(117)27-23-52)103-87(134)68(45-114)108-88(135)69(46-115)107-85(132)66(41-54-43-97-59-18-8-7-17-57(54)59)105-81(128)61(31-33-77(122)123)101-86(133)70(47-116)109-91(138)74-21-12-36-113(74)93(140)72(49-144)111-79(126)58(96)42-78(124)125/h1-8,13-18,22-29,43,58,60-74,97,114-118,143-144H,9-12,19-21,30-42,44-49,95-96H2,(H,98,127)(H,99,119)(H,100,130)(H,101,133)(H,102,131)(H,103,134)(H,104,136)(H,105,128)(H,106,137)(H,107,132)(H,108,135)(H,109,138)(H,110,129)(H,111,126)(H,120,121)(H,122,123)(H,124,125)(H,141,142)/t58-,60-,61-,62-,63-,64-,65-,66-,67-,68-,69-,70-,71-,72-,73-,74-/m0/s1. The third-order valence-electron chi connectivity index (χ3n) is 23.6. The van der Waals surface area contributed by atoms with Gasteiger partial charge in [0.1, 0.15) is 102 Å². The number of rotatable bonds is 58. The molecule has 0 unspecified atom stereocenters. The summed E-state index contributed by atoms with van der Waals surface area (Å²) in [5, 5.41) is 125. The largest absolute Gasteiger partial charge is 0.508 e. The van der Waals surface area contributed by atoms with Crippen molar-refractivity contribution in [3.63, 3.8) is 0 Å². The summed E-state index contributed by atoms with van der Waals surface area (Å²) in [6.07, 6.45) is -2.71. The number of phenolic OH excluding ortho intramolecular Hbond substituents is 2. The summed E-state index contributed by atoms with van der Waals surface area (Å²) in [5.41, 5.74) is 14.0. The molecule has 0 spiro atoms. The number of aliphatic carboxylic acids is 4. The van der Waals surface area contributed by atoms with Gasteiger partial charge in [0.15, 0.2) is 0 Å². The number of benzene rings is 5. The molecule has 3 heterocycles. The van der Waals surface area contributed by atoms with Crippen molar-refractivity contribution >= 4 is 155 Å². The number of aliphatic hydroxyl groups excluding tert-OH is 3. The number of carbonyl (C=O) groups is 20. The average molecular weight is 2050 g/mol. The number of unbranched alkanes of at least 4 members (excludes halogenated alkanes) is 1. The van der Waals surface area contributed by atoms with Gasteiger partial charge < -0.3 is 147 Å². The van der Waals surface area contributed by atoms with Crippen LogP contribution in [-0.2, 0) is 128 Å². The van der Waals surface area contributed by atoms with Crippen LogP contribution in [0.1, 0.15) is 105 Å². The van der Waals surface area contributed by atoms with E-state index in [4.69, 9.17) is 16.6 Å². The van der Waals surface area contributed by atoms with Gasteiger partial charge in [-0.05, 0) is 122 Å². The molecule has 0 saturated carbocycles. The molecule has 5 aromatic carbocycles. The van der Waals surface area contributed by atoms with Crippen molar-refractivity contribution in [2.75, 3.05) is 57.5 Å². The Labute approximate surface area is 835 Å². The number of aromatic amines is 1. The Hall–Kier alpha value is -14.9. The molecule has 50 heteroatoms. The normalized spacial score (nSPS) is 16.2. The predicted octanol–water partition coefficient (Wildman–Crippen LogP) is -5.93. The topological polar surface area (TPSA) is 766 Å². The van der Waals surface area contributed by atoms with Gasteiger partial charge in [0, 0.05) is 86.6 Å². The molecule has 2 saturated heterocycles. The Morgan fingerprint density at radius 2 is 0.736 bits per heavy atom. The molecule has 0 bridgehead atoms. The maximum atomic E-state index is 14.8. The van der Waals surface area contributed by atoms with Gasteiger partial charge in [-0.2, -0.15) is 25.3 Å². The number of amides is 16. The first-order chi connectivity index (χ1) is 68.7. The first kappa shape index (κ1) is 114. The summed E-state index contributed by atoms with van der Waals surface area (Å²) < 4.78 is 0. The molecule has 16 atom stereocenters. The summed E-state index contributed by atoms with van der Waals surface area (Å²) in [4.78, 5) is 281. The second-order valence-electron chi connectivity index (χ2n) is 34.2. The lowest BCUT2D eigenvalue weighted by molar-refractivity contribution is -0.145. The minimum absolute atomic E-state index is 0.00807. The van der Waals surface area contributed by atoms with E-state index in [2.05, 4.69) is 105 Å². The number of hydrogen-bond donors (Lipinski definition) is 28. The van der Waals surface area contributed by atoms with Crippen molar-refractivity contribution in [3.8, 4) is 11.5 Å². The minimum atomic E-state index is -2.11. The molecule has 16 amide bonds. The van der Waals surface area contributed by atoms with Crippen molar-refractivity contribution in [1.29, 1.82) is 0 Å². The van der Waals surface area contributed by atoms with Crippen molar-refractivity contribution < 1.29 is 142 Å². The van der Waals surface area contributed by atoms with Gasteiger partial charge in [-0.3, -0.25) is 91.1 Å². The van der Waals surface area contributed by atoms with E-state index in [0.29, 0.717) is 52.4 Å². The van der Waals surface area contributed by atoms with E-state index in [9.17, 15) is 137 Å². The van der Waals surface area contributed by atoms with Gasteiger partial charge in [-0.15, -0.1) is 0 Å². The number of nitrogens with zero attached hydrogens (tertiary/aromatic N) is 2. The Morgan fingerprint density at radius 3 is 1.18 bits per heavy atom. The van der Waals surface area contributed by atoms with Crippen LogP contribution >= 0.6 is 25.3 Å². The van der Waals surface area contributed by atoms with Gasteiger partial charge in [-0.1, -0.05) is 103 Å². The van der Waals surface area contributed by atoms with Crippen LogP contribution in [0.25, 0.3) is 10.9 Å². The summed E-state index contributed by atoms with van der Waals surface area (Å²) >= 11 is 8.48. The summed E-state index contributed by atoms with van der Waals surface area (Å²) in [6, 6.07) is 7.16. The number of hydrogen-bond acceptors (Lipinski definition) is 29. The van der Waals surface area contributed by atoms with Crippen LogP contribution < -0.4 is 85.9 Å². The molecular weight excluding hydrogens is 1920 g/mol. The summed E-state index contributed by atoms with van der Waals surface area (Å²) in [6.45, 7) is -4.57. The highest BCUT2D eigenvalue weighted by atomic mass is 32.1. The van der Waals surface area contributed by atoms with Crippen LogP contribution in [0.5, 0.6) is 11.5 Å². The Balaban J connectivity index is 0.942. The van der Waals surface area contributed by atoms with Crippen molar-refractivity contribution in [1.82, 2.24) is 89.2 Å². The average Bonchev–Trinajstić information content (AvgIpc) is 1.68. The number of likely N-dealkylation sites (tertiary alicyclic amines) is 2. The smallest absolute Gasteiger partial charge is 0.326 e. The maximum Gasteiger partial charge on any atom is 0.326 e. The molecule has 8 rings (SSSR count). The van der Waals surface area contributed by atoms with Crippen molar-refractivity contribution in [2.45, 2.75) is 206 Å². The number of aromatic nitrogens is 1. The highest BCUT2D eigenvalue weighted by Crippen LogP contribution is 2.25. The van der Waals surface area contributed by atoms with E-state index in [1.54, 1.807) is 84.9 Å². The number of thiol groups is 2. The molecule has 6 aromatic rings.